The summed E-state index contributed by atoms with van der Waals surface area (Å²) in [6.45, 7) is 3.79. The minimum absolute atomic E-state index is 0.330. The average Bonchev–Trinajstić information content (AvgIpc) is 2.62. The van der Waals surface area contributed by atoms with E-state index in [1.54, 1.807) is 12.1 Å². The van der Waals surface area contributed by atoms with E-state index in [2.05, 4.69) is 31.2 Å². The number of benzene rings is 2. The Kier molecular flexibility index (Phi) is 5.14. The fraction of sp³-hybridized carbons (Fsp3) is 0.263. The van der Waals surface area contributed by atoms with Gasteiger partial charge in [0, 0.05) is 13.1 Å². The second kappa shape index (κ2) is 7.30. The third kappa shape index (κ3) is 3.93. The van der Waals surface area contributed by atoms with Gasteiger partial charge in [0.05, 0.1) is 18.1 Å². The third-order valence-electron chi connectivity index (χ3n) is 4.03. The van der Waals surface area contributed by atoms with Crippen LogP contribution < -0.4 is 0 Å². The maximum atomic E-state index is 12.6. The van der Waals surface area contributed by atoms with E-state index in [4.69, 9.17) is 4.74 Å². The SMILES string of the molecule is Cc1ccc(C=Cc2ccc(S(=O)(=O)N3CCOCC3)cc2)cc1. The summed E-state index contributed by atoms with van der Waals surface area (Å²) in [7, 11) is -3.42. The van der Waals surface area contributed by atoms with E-state index in [-0.39, 0.29) is 0 Å². The Balaban J connectivity index is 1.74. The molecule has 4 nitrogen and oxygen atoms in total. The predicted molar refractivity (Wildman–Crippen MR) is 96.1 cm³/mol. The Hall–Kier alpha value is -1.95. The summed E-state index contributed by atoms with van der Waals surface area (Å²) in [6, 6.07) is 15.2. The molecule has 1 aliphatic heterocycles. The van der Waals surface area contributed by atoms with Gasteiger partial charge in [-0.1, -0.05) is 54.1 Å². The largest absolute Gasteiger partial charge is 0.379 e. The van der Waals surface area contributed by atoms with E-state index in [0.717, 1.165) is 11.1 Å². The van der Waals surface area contributed by atoms with Crippen LogP contribution in [0.5, 0.6) is 0 Å². The Morgan fingerprint density at radius 1 is 0.875 bits per heavy atom. The molecule has 24 heavy (non-hydrogen) atoms. The molecule has 0 spiro atoms. The van der Waals surface area contributed by atoms with Gasteiger partial charge in [0.1, 0.15) is 0 Å². The highest BCUT2D eigenvalue weighted by Gasteiger charge is 2.25. The molecule has 0 atom stereocenters. The predicted octanol–water partition coefficient (Wildman–Crippen LogP) is 3.19. The van der Waals surface area contributed by atoms with Crippen molar-refractivity contribution in [3.8, 4) is 0 Å². The molecule has 126 valence electrons. The van der Waals surface area contributed by atoms with Crippen LogP contribution in [0.15, 0.2) is 53.4 Å². The first kappa shape index (κ1) is 16.9. The van der Waals surface area contributed by atoms with Gasteiger partial charge >= 0.3 is 0 Å². The number of morpholine rings is 1. The van der Waals surface area contributed by atoms with Crippen LogP contribution >= 0.6 is 0 Å². The molecule has 0 unspecified atom stereocenters. The number of sulfonamides is 1. The lowest BCUT2D eigenvalue weighted by molar-refractivity contribution is 0.0730. The number of nitrogens with zero attached hydrogens (tertiary/aromatic N) is 1. The molecule has 3 rings (SSSR count). The van der Waals surface area contributed by atoms with Crippen LogP contribution in [-0.2, 0) is 14.8 Å². The number of hydrogen-bond acceptors (Lipinski definition) is 3. The zero-order valence-electron chi connectivity index (χ0n) is 13.7. The lowest BCUT2D eigenvalue weighted by Crippen LogP contribution is -2.40. The van der Waals surface area contributed by atoms with E-state index in [1.807, 2.05) is 24.3 Å². The quantitative estimate of drug-likeness (QED) is 0.801. The van der Waals surface area contributed by atoms with Crippen molar-refractivity contribution in [3.63, 3.8) is 0 Å². The van der Waals surface area contributed by atoms with Crippen molar-refractivity contribution in [2.75, 3.05) is 26.3 Å². The van der Waals surface area contributed by atoms with Crippen molar-refractivity contribution in [1.82, 2.24) is 4.31 Å². The highest BCUT2D eigenvalue weighted by atomic mass is 32.2. The van der Waals surface area contributed by atoms with Gasteiger partial charge in [-0.3, -0.25) is 0 Å². The highest BCUT2D eigenvalue weighted by molar-refractivity contribution is 7.89. The molecule has 2 aromatic rings. The number of ether oxygens (including phenoxy) is 1. The molecular formula is C19H21NO3S. The average molecular weight is 343 g/mol. The summed E-state index contributed by atoms with van der Waals surface area (Å²) >= 11 is 0. The maximum Gasteiger partial charge on any atom is 0.243 e. The Morgan fingerprint density at radius 3 is 1.92 bits per heavy atom. The van der Waals surface area contributed by atoms with Crippen molar-refractivity contribution in [3.05, 3.63) is 65.2 Å². The smallest absolute Gasteiger partial charge is 0.243 e. The Morgan fingerprint density at radius 2 is 1.38 bits per heavy atom. The fourth-order valence-corrected chi connectivity index (χ4v) is 3.96. The first-order valence-corrected chi connectivity index (χ1v) is 9.42. The number of rotatable bonds is 4. The van der Waals surface area contributed by atoms with E-state index < -0.39 is 10.0 Å². The van der Waals surface area contributed by atoms with Crippen molar-refractivity contribution in [2.45, 2.75) is 11.8 Å². The van der Waals surface area contributed by atoms with Gasteiger partial charge in [-0.05, 0) is 30.2 Å². The standard InChI is InChI=1S/C19H21NO3S/c1-16-2-4-17(5-3-16)6-7-18-8-10-19(11-9-18)24(21,22)20-12-14-23-15-13-20/h2-11H,12-15H2,1H3. The molecule has 1 saturated heterocycles. The van der Waals surface area contributed by atoms with Gasteiger partial charge in [-0.15, -0.1) is 0 Å². The molecule has 0 amide bonds. The van der Waals surface area contributed by atoms with Gasteiger partial charge in [0.15, 0.2) is 0 Å². The third-order valence-corrected chi connectivity index (χ3v) is 5.95. The summed E-state index contributed by atoms with van der Waals surface area (Å²) in [5, 5.41) is 0. The van der Waals surface area contributed by atoms with Crippen LogP contribution in [0.2, 0.25) is 0 Å². The molecule has 1 heterocycles. The maximum absolute atomic E-state index is 12.6. The van der Waals surface area contributed by atoms with Gasteiger partial charge in [0.2, 0.25) is 10.0 Å². The molecule has 2 aromatic carbocycles. The summed E-state index contributed by atoms with van der Waals surface area (Å²) in [5.74, 6) is 0. The molecule has 1 aliphatic rings. The van der Waals surface area contributed by atoms with Crippen LogP contribution in [0.4, 0.5) is 0 Å². The lowest BCUT2D eigenvalue weighted by atomic mass is 10.1. The Labute approximate surface area is 143 Å². The van der Waals surface area contributed by atoms with Gasteiger partial charge in [0.25, 0.3) is 0 Å². The van der Waals surface area contributed by atoms with E-state index in [1.165, 1.54) is 9.87 Å². The van der Waals surface area contributed by atoms with Crippen LogP contribution in [0.1, 0.15) is 16.7 Å². The van der Waals surface area contributed by atoms with E-state index in [9.17, 15) is 8.42 Å². The first-order chi connectivity index (χ1) is 11.6. The summed E-state index contributed by atoms with van der Waals surface area (Å²) in [4.78, 5) is 0.330. The number of aryl methyl sites for hydroxylation is 1. The van der Waals surface area contributed by atoms with Gasteiger partial charge < -0.3 is 4.74 Å². The van der Waals surface area contributed by atoms with Gasteiger partial charge in [-0.2, -0.15) is 4.31 Å². The second-order valence-electron chi connectivity index (χ2n) is 5.83. The summed E-state index contributed by atoms with van der Waals surface area (Å²) in [6.07, 6.45) is 4.00. The molecule has 0 aliphatic carbocycles. The van der Waals surface area contributed by atoms with E-state index >= 15 is 0 Å². The van der Waals surface area contributed by atoms with E-state index in [0.29, 0.717) is 31.2 Å². The Bertz CT molecular complexity index is 803. The molecule has 0 saturated carbocycles. The first-order valence-electron chi connectivity index (χ1n) is 7.98. The molecule has 0 bridgehead atoms. The van der Waals surface area contributed by atoms with Crippen LogP contribution in [0.3, 0.4) is 0 Å². The molecule has 0 aromatic heterocycles. The lowest BCUT2D eigenvalue weighted by Gasteiger charge is -2.26. The molecule has 0 radical (unpaired) electrons. The summed E-state index contributed by atoms with van der Waals surface area (Å²) in [5.41, 5.74) is 3.31. The van der Waals surface area contributed by atoms with Crippen molar-refractivity contribution in [1.29, 1.82) is 0 Å². The van der Waals surface area contributed by atoms with Crippen molar-refractivity contribution in [2.24, 2.45) is 0 Å². The normalized spacial score (nSPS) is 16.5. The van der Waals surface area contributed by atoms with Crippen LogP contribution in [0.25, 0.3) is 12.2 Å². The molecule has 0 N–H and O–H groups in total. The van der Waals surface area contributed by atoms with Crippen molar-refractivity contribution < 1.29 is 13.2 Å². The molecule has 1 fully saturated rings. The second-order valence-corrected chi connectivity index (χ2v) is 7.77. The summed E-state index contributed by atoms with van der Waals surface area (Å²) < 4.78 is 31.8. The van der Waals surface area contributed by atoms with Crippen molar-refractivity contribution >= 4 is 22.2 Å². The topological polar surface area (TPSA) is 46.6 Å². The minimum Gasteiger partial charge on any atom is -0.379 e. The van der Waals surface area contributed by atoms with Gasteiger partial charge in [-0.25, -0.2) is 8.42 Å². The van der Waals surface area contributed by atoms with Crippen LogP contribution in [0, 0.1) is 6.92 Å². The fourth-order valence-electron chi connectivity index (χ4n) is 2.56. The highest BCUT2D eigenvalue weighted by Crippen LogP contribution is 2.18. The molecular weight excluding hydrogens is 322 g/mol. The minimum atomic E-state index is -3.42. The zero-order valence-corrected chi connectivity index (χ0v) is 14.5. The monoisotopic (exact) mass is 343 g/mol. The molecule has 5 heteroatoms. The zero-order chi connectivity index (χ0) is 17.0. The number of hydrogen-bond donors (Lipinski definition) is 0. The van der Waals surface area contributed by atoms with Crippen LogP contribution in [-0.4, -0.2) is 39.0 Å².